The zero-order chi connectivity index (χ0) is 13.2. The van der Waals surface area contributed by atoms with Gasteiger partial charge in [-0.3, -0.25) is 0 Å². The fraction of sp³-hybridized carbons (Fsp3) is 0.571. The molecule has 1 fully saturated rings. The van der Waals surface area contributed by atoms with E-state index in [-0.39, 0.29) is 12.1 Å². The van der Waals surface area contributed by atoms with Crippen LogP contribution in [0.4, 0.5) is 5.82 Å². The van der Waals surface area contributed by atoms with Gasteiger partial charge in [0.2, 0.25) is 0 Å². The molecule has 2 rings (SSSR count). The molecule has 0 aromatic carbocycles. The molecule has 0 amide bonds. The van der Waals surface area contributed by atoms with E-state index < -0.39 is 0 Å². The summed E-state index contributed by atoms with van der Waals surface area (Å²) in [5.74, 6) is 0.617. The SMILES string of the molecule is Cc1cc(C)c(C#N)c(NC2(CO)CCCC2)n1. The Balaban J connectivity index is 2.36. The van der Waals surface area contributed by atoms with Crippen LogP contribution in [0, 0.1) is 25.2 Å². The molecule has 0 atom stereocenters. The van der Waals surface area contributed by atoms with E-state index in [4.69, 9.17) is 0 Å². The van der Waals surface area contributed by atoms with Crippen LogP contribution in [-0.2, 0) is 0 Å². The Bertz CT molecular complexity index is 485. The first-order chi connectivity index (χ1) is 8.60. The van der Waals surface area contributed by atoms with E-state index in [9.17, 15) is 10.4 Å². The number of pyridine rings is 1. The van der Waals surface area contributed by atoms with Crippen molar-refractivity contribution >= 4 is 5.82 Å². The molecule has 0 bridgehead atoms. The predicted molar refractivity (Wildman–Crippen MR) is 70.3 cm³/mol. The van der Waals surface area contributed by atoms with Crippen LogP contribution in [0.25, 0.3) is 0 Å². The molecule has 96 valence electrons. The highest BCUT2D eigenvalue weighted by atomic mass is 16.3. The molecule has 0 spiro atoms. The first-order valence-electron chi connectivity index (χ1n) is 6.38. The summed E-state index contributed by atoms with van der Waals surface area (Å²) in [5.41, 5.74) is 2.11. The Labute approximate surface area is 108 Å². The quantitative estimate of drug-likeness (QED) is 0.857. The van der Waals surface area contributed by atoms with Gasteiger partial charge in [-0.25, -0.2) is 4.98 Å². The van der Waals surface area contributed by atoms with Crippen LogP contribution < -0.4 is 5.32 Å². The number of hydrogen-bond acceptors (Lipinski definition) is 4. The first kappa shape index (κ1) is 12.8. The van der Waals surface area contributed by atoms with Gasteiger partial charge in [-0.05, 0) is 38.3 Å². The van der Waals surface area contributed by atoms with Gasteiger partial charge in [0.1, 0.15) is 11.9 Å². The molecule has 0 saturated heterocycles. The number of nitrogens with one attached hydrogen (secondary N) is 1. The van der Waals surface area contributed by atoms with Crippen molar-refractivity contribution in [1.82, 2.24) is 4.98 Å². The molecular weight excluding hydrogens is 226 g/mol. The van der Waals surface area contributed by atoms with Gasteiger partial charge in [0.25, 0.3) is 0 Å². The number of aryl methyl sites for hydroxylation is 2. The minimum Gasteiger partial charge on any atom is -0.394 e. The smallest absolute Gasteiger partial charge is 0.144 e. The Morgan fingerprint density at radius 3 is 2.67 bits per heavy atom. The van der Waals surface area contributed by atoms with Gasteiger partial charge in [0.05, 0.1) is 17.7 Å². The van der Waals surface area contributed by atoms with E-state index in [1.807, 2.05) is 19.9 Å². The van der Waals surface area contributed by atoms with Crippen LogP contribution in [0.3, 0.4) is 0 Å². The molecule has 0 radical (unpaired) electrons. The maximum Gasteiger partial charge on any atom is 0.144 e. The standard InChI is InChI=1S/C14H19N3O/c1-10-7-11(2)16-13(12(10)8-15)17-14(9-18)5-3-4-6-14/h7,18H,3-6,9H2,1-2H3,(H,16,17). The predicted octanol–water partition coefficient (Wildman–Crippen LogP) is 2.29. The number of rotatable bonds is 3. The normalized spacial score (nSPS) is 17.4. The lowest BCUT2D eigenvalue weighted by molar-refractivity contribution is 0.214. The van der Waals surface area contributed by atoms with Crippen molar-refractivity contribution in [3.63, 3.8) is 0 Å². The highest BCUT2D eigenvalue weighted by Crippen LogP contribution is 2.33. The summed E-state index contributed by atoms with van der Waals surface area (Å²) >= 11 is 0. The Morgan fingerprint density at radius 2 is 2.11 bits per heavy atom. The van der Waals surface area contributed by atoms with E-state index in [1.54, 1.807) is 0 Å². The summed E-state index contributed by atoms with van der Waals surface area (Å²) in [7, 11) is 0. The second-order valence-corrected chi connectivity index (χ2v) is 5.19. The third-order valence-corrected chi connectivity index (χ3v) is 3.70. The summed E-state index contributed by atoms with van der Waals surface area (Å²) in [6.45, 7) is 3.92. The minimum absolute atomic E-state index is 0.0898. The Morgan fingerprint density at radius 1 is 1.44 bits per heavy atom. The number of hydrogen-bond donors (Lipinski definition) is 2. The Hall–Kier alpha value is -1.60. The zero-order valence-corrected chi connectivity index (χ0v) is 11.0. The van der Waals surface area contributed by atoms with E-state index in [1.165, 1.54) is 0 Å². The van der Waals surface area contributed by atoms with Crippen molar-refractivity contribution in [2.24, 2.45) is 0 Å². The number of nitrogens with zero attached hydrogens (tertiary/aromatic N) is 2. The van der Waals surface area contributed by atoms with Gasteiger partial charge < -0.3 is 10.4 Å². The van der Waals surface area contributed by atoms with E-state index >= 15 is 0 Å². The highest BCUT2D eigenvalue weighted by molar-refractivity contribution is 5.57. The lowest BCUT2D eigenvalue weighted by atomic mass is 9.98. The number of aliphatic hydroxyl groups is 1. The lowest BCUT2D eigenvalue weighted by Crippen LogP contribution is -2.39. The second kappa shape index (κ2) is 4.95. The third-order valence-electron chi connectivity index (χ3n) is 3.70. The fourth-order valence-electron chi connectivity index (χ4n) is 2.69. The molecule has 4 nitrogen and oxygen atoms in total. The summed E-state index contributed by atoms with van der Waals surface area (Å²) in [6.07, 6.45) is 4.09. The van der Waals surface area contributed by atoms with Crippen LogP contribution in [0.5, 0.6) is 0 Å². The maximum atomic E-state index is 9.61. The monoisotopic (exact) mass is 245 g/mol. The van der Waals surface area contributed by atoms with Crippen molar-refractivity contribution in [3.8, 4) is 6.07 Å². The molecule has 1 aliphatic rings. The molecule has 1 heterocycles. The topological polar surface area (TPSA) is 68.9 Å². The van der Waals surface area contributed by atoms with Crippen molar-refractivity contribution in [2.75, 3.05) is 11.9 Å². The summed E-state index contributed by atoms with van der Waals surface area (Å²) < 4.78 is 0. The van der Waals surface area contributed by atoms with Gasteiger partial charge in [0.15, 0.2) is 0 Å². The average Bonchev–Trinajstić information content (AvgIpc) is 2.78. The largest absolute Gasteiger partial charge is 0.394 e. The fourth-order valence-corrected chi connectivity index (χ4v) is 2.69. The van der Waals surface area contributed by atoms with E-state index in [0.29, 0.717) is 11.4 Å². The molecule has 1 saturated carbocycles. The molecule has 0 aliphatic heterocycles. The minimum atomic E-state index is -0.293. The van der Waals surface area contributed by atoms with E-state index in [2.05, 4.69) is 16.4 Å². The highest BCUT2D eigenvalue weighted by Gasteiger charge is 2.34. The molecule has 2 N–H and O–H groups in total. The average molecular weight is 245 g/mol. The van der Waals surface area contributed by atoms with Gasteiger partial charge in [0, 0.05) is 5.69 Å². The van der Waals surface area contributed by atoms with Crippen LogP contribution >= 0.6 is 0 Å². The number of anilines is 1. The Kier molecular flexibility index (Phi) is 3.53. The number of nitriles is 1. The molecule has 18 heavy (non-hydrogen) atoms. The number of aromatic nitrogens is 1. The van der Waals surface area contributed by atoms with E-state index in [0.717, 1.165) is 36.9 Å². The van der Waals surface area contributed by atoms with Crippen molar-refractivity contribution < 1.29 is 5.11 Å². The molecule has 1 aromatic heterocycles. The van der Waals surface area contributed by atoms with Gasteiger partial charge in [-0.15, -0.1) is 0 Å². The van der Waals surface area contributed by atoms with Gasteiger partial charge in [-0.1, -0.05) is 12.8 Å². The zero-order valence-electron chi connectivity index (χ0n) is 11.0. The molecule has 4 heteroatoms. The second-order valence-electron chi connectivity index (χ2n) is 5.19. The van der Waals surface area contributed by atoms with Gasteiger partial charge >= 0.3 is 0 Å². The number of aliphatic hydroxyl groups excluding tert-OH is 1. The molecular formula is C14H19N3O. The summed E-state index contributed by atoms with van der Waals surface area (Å²) in [4.78, 5) is 4.42. The maximum absolute atomic E-state index is 9.61. The third kappa shape index (κ3) is 2.32. The van der Waals surface area contributed by atoms with Crippen LogP contribution in [0.2, 0.25) is 0 Å². The van der Waals surface area contributed by atoms with Crippen molar-refractivity contribution in [3.05, 3.63) is 22.9 Å². The van der Waals surface area contributed by atoms with Crippen molar-refractivity contribution in [1.29, 1.82) is 5.26 Å². The molecule has 0 unspecified atom stereocenters. The molecule has 1 aromatic rings. The molecule has 1 aliphatic carbocycles. The lowest BCUT2D eigenvalue weighted by Gasteiger charge is -2.29. The van der Waals surface area contributed by atoms with Crippen molar-refractivity contribution in [2.45, 2.75) is 45.1 Å². The van der Waals surface area contributed by atoms with Crippen LogP contribution in [0.1, 0.15) is 42.5 Å². The summed E-state index contributed by atoms with van der Waals surface area (Å²) in [6, 6.07) is 4.11. The first-order valence-corrected chi connectivity index (χ1v) is 6.38. The summed E-state index contributed by atoms with van der Waals surface area (Å²) in [5, 5.41) is 22.2. The van der Waals surface area contributed by atoms with Crippen LogP contribution in [0.15, 0.2) is 6.07 Å². The van der Waals surface area contributed by atoms with Crippen LogP contribution in [-0.4, -0.2) is 22.2 Å². The van der Waals surface area contributed by atoms with Gasteiger partial charge in [-0.2, -0.15) is 5.26 Å².